The van der Waals surface area contributed by atoms with Crippen molar-refractivity contribution in [1.82, 2.24) is 10.3 Å². The van der Waals surface area contributed by atoms with Gasteiger partial charge in [-0.2, -0.15) is 0 Å². The van der Waals surface area contributed by atoms with Gasteiger partial charge in [0.25, 0.3) is 0 Å². The molecule has 0 spiro atoms. The van der Waals surface area contributed by atoms with Crippen LogP contribution in [-0.4, -0.2) is 49.0 Å². The molecule has 0 atom stereocenters. The van der Waals surface area contributed by atoms with Gasteiger partial charge in [0.2, 0.25) is 0 Å². The summed E-state index contributed by atoms with van der Waals surface area (Å²) in [6.07, 6.45) is 0.739. The van der Waals surface area contributed by atoms with Gasteiger partial charge in [-0.05, 0) is 19.1 Å². The first-order valence-corrected chi connectivity index (χ1v) is 10.0. The van der Waals surface area contributed by atoms with Crippen LogP contribution in [0.15, 0.2) is 29.6 Å². The number of nitrogens with zero attached hydrogens (tertiary/aromatic N) is 2. The Morgan fingerprint density at radius 3 is 2.67 bits per heavy atom. The standard InChI is InChI=1S/C19H23FN4O2S/c1-19(20)10-15(11-19)22-17(25)21-14-4-2-13(3-5-14)16-12-27-18(23-16)24-6-8-26-9-7-24/h2-5,12,15H,6-11H2,1H3,(H2,21,22,25). The lowest BCUT2D eigenvalue weighted by atomic mass is 9.79. The molecule has 6 nitrogen and oxygen atoms in total. The van der Waals surface area contributed by atoms with Gasteiger partial charge in [-0.1, -0.05) is 12.1 Å². The number of alkyl halides is 1. The number of ether oxygens (including phenoxy) is 1. The number of thiazole rings is 1. The minimum absolute atomic E-state index is 0.0899. The maximum absolute atomic E-state index is 13.5. The topological polar surface area (TPSA) is 66.5 Å². The Kier molecular flexibility index (Phi) is 5.01. The van der Waals surface area contributed by atoms with Crippen molar-refractivity contribution in [3.8, 4) is 11.3 Å². The van der Waals surface area contributed by atoms with Crippen LogP contribution in [0.2, 0.25) is 0 Å². The van der Waals surface area contributed by atoms with Crippen LogP contribution < -0.4 is 15.5 Å². The molecular formula is C19H23FN4O2S. The van der Waals surface area contributed by atoms with Crippen LogP contribution in [-0.2, 0) is 4.74 Å². The highest BCUT2D eigenvalue weighted by atomic mass is 32.1. The van der Waals surface area contributed by atoms with Gasteiger partial charge < -0.3 is 20.3 Å². The molecular weight excluding hydrogens is 367 g/mol. The van der Waals surface area contributed by atoms with Gasteiger partial charge in [-0.3, -0.25) is 0 Å². The number of hydrogen-bond acceptors (Lipinski definition) is 5. The number of amides is 2. The van der Waals surface area contributed by atoms with Crippen LogP contribution in [0.1, 0.15) is 19.8 Å². The zero-order valence-electron chi connectivity index (χ0n) is 15.2. The number of anilines is 2. The third-order valence-electron chi connectivity index (χ3n) is 4.89. The SMILES string of the molecule is CC1(F)CC(NC(=O)Nc2ccc(-c3csc(N4CCOCC4)n3)cc2)C1. The van der Waals surface area contributed by atoms with E-state index in [1.54, 1.807) is 18.3 Å². The van der Waals surface area contributed by atoms with Crippen molar-refractivity contribution in [2.75, 3.05) is 36.5 Å². The number of hydrogen-bond donors (Lipinski definition) is 2. The molecule has 2 N–H and O–H groups in total. The monoisotopic (exact) mass is 390 g/mol. The average Bonchev–Trinajstić information content (AvgIpc) is 3.11. The first-order valence-electron chi connectivity index (χ1n) is 9.14. The van der Waals surface area contributed by atoms with E-state index in [2.05, 4.69) is 15.5 Å². The summed E-state index contributed by atoms with van der Waals surface area (Å²) in [5.41, 5.74) is 1.48. The number of morpholine rings is 1. The predicted molar refractivity (Wildman–Crippen MR) is 105 cm³/mol. The van der Waals surface area contributed by atoms with Crippen molar-refractivity contribution in [3.63, 3.8) is 0 Å². The molecule has 1 saturated carbocycles. The summed E-state index contributed by atoms with van der Waals surface area (Å²) in [5, 5.41) is 8.64. The number of rotatable bonds is 4. The fourth-order valence-corrected chi connectivity index (χ4v) is 4.33. The fraction of sp³-hybridized carbons (Fsp3) is 0.474. The molecule has 0 bridgehead atoms. The molecule has 8 heteroatoms. The highest BCUT2D eigenvalue weighted by Crippen LogP contribution is 2.35. The van der Waals surface area contributed by atoms with Crippen molar-refractivity contribution >= 4 is 28.2 Å². The molecule has 2 aliphatic rings. The summed E-state index contributed by atoms with van der Waals surface area (Å²) in [6.45, 7) is 4.78. The second-order valence-corrected chi connectivity index (χ2v) is 8.15. The Morgan fingerprint density at radius 2 is 2.00 bits per heavy atom. The quantitative estimate of drug-likeness (QED) is 0.836. The number of carbonyl (C=O) groups excluding carboxylic acids is 1. The normalized spacial score (nSPS) is 25.0. The van der Waals surface area contributed by atoms with Crippen LogP contribution in [0.4, 0.5) is 20.0 Å². The van der Waals surface area contributed by atoms with Gasteiger partial charge >= 0.3 is 6.03 Å². The molecule has 1 aliphatic carbocycles. The molecule has 2 aromatic rings. The summed E-state index contributed by atoms with van der Waals surface area (Å²) in [6, 6.07) is 7.19. The van der Waals surface area contributed by atoms with Gasteiger partial charge in [0.15, 0.2) is 5.13 Å². The summed E-state index contributed by atoms with van der Waals surface area (Å²) < 4.78 is 18.9. The fourth-order valence-electron chi connectivity index (χ4n) is 3.44. The molecule has 27 heavy (non-hydrogen) atoms. The molecule has 1 aliphatic heterocycles. The highest BCUT2D eigenvalue weighted by Gasteiger charge is 2.41. The average molecular weight is 390 g/mol. The van der Waals surface area contributed by atoms with Crippen molar-refractivity contribution in [2.45, 2.75) is 31.5 Å². The second kappa shape index (κ2) is 7.44. The number of halogens is 1. The van der Waals surface area contributed by atoms with E-state index in [0.29, 0.717) is 18.5 Å². The van der Waals surface area contributed by atoms with Crippen LogP contribution in [0.5, 0.6) is 0 Å². The van der Waals surface area contributed by atoms with Crippen molar-refractivity contribution in [2.24, 2.45) is 0 Å². The van der Waals surface area contributed by atoms with E-state index in [1.165, 1.54) is 0 Å². The van der Waals surface area contributed by atoms with E-state index < -0.39 is 5.67 Å². The van der Waals surface area contributed by atoms with Gasteiger partial charge in [-0.15, -0.1) is 11.3 Å². The summed E-state index contributed by atoms with van der Waals surface area (Å²) in [4.78, 5) is 18.9. The zero-order valence-corrected chi connectivity index (χ0v) is 16.0. The van der Waals surface area contributed by atoms with E-state index in [0.717, 1.165) is 42.7 Å². The largest absolute Gasteiger partial charge is 0.378 e. The number of urea groups is 1. The lowest BCUT2D eigenvalue weighted by Gasteiger charge is -2.38. The molecule has 2 amide bonds. The predicted octanol–water partition coefficient (Wildman–Crippen LogP) is 3.66. The van der Waals surface area contributed by atoms with E-state index in [9.17, 15) is 9.18 Å². The van der Waals surface area contributed by atoms with E-state index in [1.807, 2.05) is 29.6 Å². The Hall–Kier alpha value is -2.19. The Morgan fingerprint density at radius 1 is 1.30 bits per heavy atom. The number of aromatic nitrogens is 1. The van der Waals surface area contributed by atoms with Crippen LogP contribution >= 0.6 is 11.3 Å². The first kappa shape index (κ1) is 18.2. The summed E-state index contributed by atoms with van der Waals surface area (Å²) in [7, 11) is 0. The minimum Gasteiger partial charge on any atom is -0.378 e. The van der Waals surface area contributed by atoms with Crippen LogP contribution in [0.25, 0.3) is 11.3 Å². The molecule has 1 saturated heterocycles. The van der Waals surface area contributed by atoms with Crippen LogP contribution in [0.3, 0.4) is 0 Å². The number of carbonyl (C=O) groups is 1. The Labute approximate surface area is 161 Å². The second-order valence-electron chi connectivity index (χ2n) is 7.31. The number of nitrogens with one attached hydrogen (secondary N) is 2. The Balaban J connectivity index is 1.33. The van der Waals surface area contributed by atoms with Gasteiger partial charge in [0, 0.05) is 48.6 Å². The lowest BCUT2D eigenvalue weighted by molar-refractivity contribution is 0.0534. The summed E-state index contributed by atoms with van der Waals surface area (Å²) in [5.74, 6) is 0. The van der Waals surface area contributed by atoms with E-state index in [4.69, 9.17) is 9.72 Å². The molecule has 1 aromatic carbocycles. The van der Waals surface area contributed by atoms with E-state index >= 15 is 0 Å². The molecule has 1 aromatic heterocycles. The van der Waals surface area contributed by atoms with Crippen LogP contribution in [0, 0.1) is 0 Å². The molecule has 2 heterocycles. The maximum Gasteiger partial charge on any atom is 0.319 e. The van der Waals surface area contributed by atoms with Crippen molar-refractivity contribution < 1.29 is 13.9 Å². The Bertz CT molecular complexity index is 794. The van der Waals surface area contributed by atoms with E-state index in [-0.39, 0.29) is 12.1 Å². The molecule has 0 radical (unpaired) electrons. The smallest absolute Gasteiger partial charge is 0.319 e. The van der Waals surface area contributed by atoms with Gasteiger partial charge in [0.1, 0.15) is 5.67 Å². The highest BCUT2D eigenvalue weighted by molar-refractivity contribution is 7.14. The summed E-state index contributed by atoms with van der Waals surface area (Å²) >= 11 is 1.63. The maximum atomic E-state index is 13.5. The number of benzene rings is 1. The van der Waals surface area contributed by atoms with Gasteiger partial charge in [-0.25, -0.2) is 14.2 Å². The molecule has 2 fully saturated rings. The van der Waals surface area contributed by atoms with Crippen molar-refractivity contribution in [1.29, 1.82) is 0 Å². The lowest BCUT2D eigenvalue weighted by Crippen LogP contribution is -2.52. The third kappa shape index (κ3) is 4.39. The minimum atomic E-state index is -1.15. The third-order valence-corrected chi connectivity index (χ3v) is 5.79. The first-order chi connectivity index (χ1) is 13.0. The van der Waals surface area contributed by atoms with Gasteiger partial charge in [0.05, 0.1) is 18.9 Å². The van der Waals surface area contributed by atoms with Crippen molar-refractivity contribution in [3.05, 3.63) is 29.6 Å². The molecule has 144 valence electrons. The molecule has 4 rings (SSSR count). The zero-order chi connectivity index (χ0) is 18.9. The molecule has 0 unspecified atom stereocenters.